The summed E-state index contributed by atoms with van der Waals surface area (Å²) in [5.74, 6) is 6.44. The fourth-order valence-electron chi connectivity index (χ4n) is 2.62. The molecule has 0 spiro atoms. The van der Waals surface area contributed by atoms with Gasteiger partial charge in [-0.2, -0.15) is 0 Å². The van der Waals surface area contributed by atoms with Crippen molar-refractivity contribution < 1.29 is 33.5 Å². The first-order chi connectivity index (χ1) is 14.5. The Bertz CT molecular complexity index is 1010. The van der Waals surface area contributed by atoms with Crippen molar-refractivity contribution in [1.82, 2.24) is 4.98 Å². The number of aromatic nitrogens is 1. The van der Waals surface area contributed by atoms with Gasteiger partial charge in [0.25, 0.3) is 0 Å². The van der Waals surface area contributed by atoms with Gasteiger partial charge in [0.2, 0.25) is 18.4 Å². The number of carboxylic acid groups (broad SMARTS) is 1. The number of aryl methyl sites for hydroxylation is 1. The highest BCUT2D eigenvalue weighted by molar-refractivity contribution is 8.00. The van der Waals surface area contributed by atoms with Crippen molar-refractivity contribution in [3.63, 3.8) is 0 Å². The minimum absolute atomic E-state index is 0.0236. The number of fused-ring (bicyclic) bond motifs is 1. The highest BCUT2D eigenvalue weighted by Crippen LogP contribution is 2.43. The number of nitro groups is 1. The van der Waals surface area contributed by atoms with Crippen molar-refractivity contribution in [2.45, 2.75) is 13.3 Å². The number of thioether (sulfide) groups is 1. The van der Waals surface area contributed by atoms with Gasteiger partial charge in [-0.1, -0.05) is 11.8 Å². The van der Waals surface area contributed by atoms with Crippen LogP contribution in [0.25, 0.3) is 11.5 Å². The first kappa shape index (κ1) is 21.5. The summed E-state index contributed by atoms with van der Waals surface area (Å²) in [7, 11) is 0. The smallest absolute Gasteiger partial charge is 0.315 e. The third-order valence-corrected chi connectivity index (χ3v) is 4.77. The molecule has 2 aromatic rings. The van der Waals surface area contributed by atoms with Crippen molar-refractivity contribution in [3.05, 3.63) is 33.7 Å². The van der Waals surface area contributed by atoms with E-state index in [-0.39, 0.29) is 42.2 Å². The van der Waals surface area contributed by atoms with E-state index >= 15 is 0 Å². The SMILES string of the molecule is Cc1oc(-c2cc3c(c([N+](=O)[O-])c2)OCO3)nc1CCOCC#CCSCC(=O)O. The highest BCUT2D eigenvalue weighted by atomic mass is 32.2. The molecule has 0 fully saturated rings. The van der Waals surface area contributed by atoms with Crippen LogP contribution in [0.5, 0.6) is 11.5 Å². The van der Waals surface area contributed by atoms with Crippen LogP contribution >= 0.6 is 11.8 Å². The van der Waals surface area contributed by atoms with E-state index in [2.05, 4.69) is 16.8 Å². The Labute approximate surface area is 175 Å². The lowest BCUT2D eigenvalue weighted by Crippen LogP contribution is -2.00. The van der Waals surface area contributed by atoms with E-state index in [9.17, 15) is 14.9 Å². The van der Waals surface area contributed by atoms with E-state index < -0.39 is 10.9 Å². The number of rotatable bonds is 9. The second-order valence-corrected chi connectivity index (χ2v) is 7.04. The summed E-state index contributed by atoms with van der Waals surface area (Å²) in [5.41, 5.74) is 0.891. The number of hydrogen-bond donors (Lipinski definition) is 1. The Morgan fingerprint density at radius 1 is 1.40 bits per heavy atom. The molecule has 0 unspecified atom stereocenters. The van der Waals surface area contributed by atoms with Crippen LogP contribution in [-0.2, 0) is 16.0 Å². The van der Waals surface area contributed by atoms with Crippen LogP contribution in [0.2, 0.25) is 0 Å². The normalized spacial score (nSPS) is 11.8. The van der Waals surface area contributed by atoms with Gasteiger partial charge in [0.05, 0.1) is 28.7 Å². The number of nitro benzene ring substituents is 1. The molecule has 10 nitrogen and oxygen atoms in total. The third kappa shape index (κ3) is 5.43. The highest BCUT2D eigenvalue weighted by Gasteiger charge is 2.28. The molecule has 0 saturated carbocycles. The van der Waals surface area contributed by atoms with E-state index in [4.69, 9.17) is 23.7 Å². The zero-order valence-corrected chi connectivity index (χ0v) is 16.8. The molecule has 1 aromatic heterocycles. The molecule has 0 saturated heterocycles. The molecular formula is C19H18N2O8S. The lowest BCUT2D eigenvalue weighted by atomic mass is 10.1. The Morgan fingerprint density at radius 2 is 2.23 bits per heavy atom. The van der Waals surface area contributed by atoms with Crippen LogP contribution in [0.15, 0.2) is 16.5 Å². The van der Waals surface area contributed by atoms with Crippen LogP contribution < -0.4 is 9.47 Å². The number of hydrogen-bond acceptors (Lipinski definition) is 9. The van der Waals surface area contributed by atoms with Crippen molar-refractivity contribution in [3.8, 4) is 34.8 Å². The molecule has 1 aliphatic rings. The standard InChI is InChI=1S/C19H18N2O8S/c1-12-14(4-6-26-5-2-3-7-30-10-17(22)23)20-19(29-12)13-8-15(21(24)25)18-16(9-13)27-11-28-18/h8-9H,4-7,10-11H2,1H3,(H,22,23). The summed E-state index contributed by atoms with van der Waals surface area (Å²) in [5, 5.41) is 19.8. The molecule has 0 atom stereocenters. The summed E-state index contributed by atoms with van der Waals surface area (Å²) in [6.07, 6.45) is 0.484. The molecule has 3 rings (SSSR count). The zero-order valence-electron chi connectivity index (χ0n) is 16.0. The molecule has 1 aromatic carbocycles. The maximum absolute atomic E-state index is 11.3. The summed E-state index contributed by atoms with van der Waals surface area (Å²) >= 11 is 1.22. The Kier molecular flexibility index (Phi) is 7.16. The van der Waals surface area contributed by atoms with E-state index in [0.29, 0.717) is 35.8 Å². The van der Waals surface area contributed by atoms with Crippen LogP contribution in [0.4, 0.5) is 5.69 Å². The van der Waals surface area contributed by atoms with E-state index in [1.165, 1.54) is 17.8 Å². The number of ether oxygens (including phenoxy) is 3. The minimum Gasteiger partial charge on any atom is -0.481 e. The van der Waals surface area contributed by atoms with Crippen LogP contribution in [0.1, 0.15) is 11.5 Å². The lowest BCUT2D eigenvalue weighted by molar-refractivity contribution is -0.385. The van der Waals surface area contributed by atoms with Gasteiger partial charge in [-0.05, 0) is 13.0 Å². The summed E-state index contributed by atoms with van der Waals surface area (Å²) in [6.45, 7) is 2.28. The van der Waals surface area contributed by atoms with Gasteiger partial charge in [0.1, 0.15) is 12.4 Å². The number of oxazole rings is 1. The van der Waals surface area contributed by atoms with E-state index in [1.54, 1.807) is 13.0 Å². The third-order valence-electron chi connectivity index (χ3n) is 3.97. The molecule has 0 bridgehead atoms. The van der Waals surface area contributed by atoms with Crippen molar-refractivity contribution in [2.75, 3.05) is 31.5 Å². The molecule has 30 heavy (non-hydrogen) atoms. The van der Waals surface area contributed by atoms with Gasteiger partial charge in [-0.15, -0.1) is 11.8 Å². The molecule has 0 radical (unpaired) electrons. The van der Waals surface area contributed by atoms with Gasteiger partial charge in [0.15, 0.2) is 5.75 Å². The maximum Gasteiger partial charge on any atom is 0.315 e. The molecule has 2 heterocycles. The van der Waals surface area contributed by atoms with Gasteiger partial charge < -0.3 is 23.7 Å². The van der Waals surface area contributed by atoms with Gasteiger partial charge >= 0.3 is 11.7 Å². The molecule has 0 amide bonds. The van der Waals surface area contributed by atoms with Gasteiger partial charge in [-0.25, -0.2) is 4.98 Å². The topological polar surface area (TPSA) is 134 Å². The van der Waals surface area contributed by atoms with E-state index in [0.717, 1.165) is 0 Å². The molecule has 158 valence electrons. The number of carbonyl (C=O) groups is 1. The quantitative estimate of drug-likeness (QED) is 0.272. The van der Waals surface area contributed by atoms with Gasteiger partial charge in [-0.3, -0.25) is 14.9 Å². The van der Waals surface area contributed by atoms with Crippen LogP contribution in [0.3, 0.4) is 0 Å². The number of aliphatic carboxylic acids is 1. The fraction of sp³-hybridized carbons (Fsp3) is 0.368. The van der Waals surface area contributed by atoms with Crippen molar-refractivity contribution >= 4 is 23.4 Å². The van der Waals surface area contributed by atoms with Crippen LogP contribution in [-0.4, -0.2) is 52.5 Å². The second kappa shape index (κ2) is 10.00. The first-order valence-corrected chi connectivity index (χ1v) is 9.99. The van der Waals surface area contributed by atoms with Crippen molar-refractivity contribution in [1.29, 1.82) is 0 Å². The van der Waals surface area contributed by atoms with Gasteiger partial charge in [0, 0.05) is 18.1 Å². The summed E-state index contributed by atoms with van der Waals surface area (Å²) < 4.78 is 21.5. The Morgan fingerprint density at radius 3 is 3.00 bits per heavy atom. The monoisotopic (exact) mass is 434 g/mol. The largest absolute Gasteiger partial charge is 0.481 e. The number of carboxylic acids is 1. The fourth-order valence-corrected chi connectivity index (χ4v) is 3.10. The average Bonchev–Trinajstić information content (AvgIpc) is 3.32. The number of benzene rings is 1. The lowest BCUT2D eigenvalue weighted by Gasteiger charge is -2.01. The Hall–Kier alpha value is -3.23. The van der Waals surface area contributed by atoms with E-state index in [1.807, 2.05) is 0 Å². The molecule has 1 aliphatic heterocycles. The predicted octanol–water partition coefficient (Wildman–Crippen LogP) is 2.67. The average molecular weight is 434 g/mol. The molecule has 1 N–H and O–H groups in total. The first-order valence-electron chi connectivity index (χ1n) is 8.83. The zero-order chi connectivity index (χ0) is 21.5. The van der Waals surface area contributed by atoms with Crippen LogP contribution in [0, 0.1) is 28.9 Å². The molecular weight excluding hydrogens is 416 g/mol. The number of nitrogens with zero attached hydrogens (tertiary/aromatic N) is 2. The maximum atomic E-state index is 11.3. The predicted molar refractivity (Wildman–Crippen MR) is 107 cm³/mol. The molecule has 0 aliphatic carbocycles. The summed E-state index contributed by atoms with van der Waals surface area (Å²) in [4.78, 5) is 25.6. The molecule has 11 heteroatoms. The second-order valence-electron chi connectivity index (χ2n) is 6.05. The van der Waals surface area contributed by atoms with Crippen molar-refractivity contribution in [2.24, 2.45) is 0 Å². The minimum atomic E-state index is -0.865. The Balaban J connectivity index is 1.56. The summed E-state index contributed by atoms with van der Waals surface area (Å²) in [6, 6.07) is 2.94.